The van der Waals surface area contributed by atoms with Gasteiger partial charge in [0.15, 0.2) is 5.75 Å². The highest BCUT2D eigenvalue weighted by atomic mass is 16.5. The molecule has 3 heteroatoms. The molecule has 2 aromatic rings. The van der Waals surface area contributed by atoms with Crippen LogP contribution < -0.4 is 16.2 Å². The normalized spacial score (nSPS) is 10.4. The number of nitrogen functional groups attached to an aromatic ring is 2. The van der Waals surface area contributed by atoms with Crippen LogP contribution in [0.1, 0.15) is 25.3 Å². The van der Waals surface area contributed by atoms with Crippen molar-refractivity contribution < 1.29 is 4.74 Å². The largest absolute Gasteiger partial charge is 0.455 e. The van der Waals surface area contributed by atoms with Gasteiger partial charge in [-0.1, -0.05) is 37.6 Å². The summed E-state index contributed by atoms with van der Waals surface area (Å²) >= 11 is 0. The molecule has 4 N–H and O–H groups in total. The standard InChI is InChI=1S/C16H20N2O/c1-2-3-7-12-8-4-5-10-14(12)19-15-11-6-9-13(17)16(15)18/h4-6,8-11H,2-3,7,17-18H2,1H3. The molecule has 0 saturated heterocycles. The third-order valence-corrected chi connectivity index (χ3v) is 3.09. The lowest BCUT2D eigenvalue weighted by molar-refractivity contribution is 0.477. The first kappa shape index (κ1) is 13.3. The molecule has 3 nitrogen and oxygen atoms in total. The molecule has 0 radical (unpaired) electrons. The fourth-order valence-electron chi connectivity index (χ4n) is 1.95. The van der Waals surface area contributed by atoms with E-state index in [9.17, 15) is 0 Å². The predicted octanol–water partition coefficient (Wildman–Crippen LogP) is 3.99. The van der Waals surface area contributed by atoms with E-state index >= 15 is 0 Å². The second kappa shape index (κ2) is 6.14. The number of unbranched alkanes of at least 4 members (excludes halogenated alkanes) is 1. The van der Waals surface area contributed by atoms with Gasteiger partial charge in [0.05, 0.1) is 11.4 Å². The molecule has 2 aromatic carbocycles. The first-order valence-electron chi connectivity index (χ1n) is 6.62. The molecule has 0 aliphatic carbocycles. The van der Waals surface area contributed by atoms with E-state index in [-0.39, 0.29) is 0 Å². The third kappa shape index (κ3) is 3.19. The van der Waals surface area contributed by atoms with Crippen LogP contribution >= 0.6 is 0 Å². The molecule has 0 spiro atoms. The lowest BCUT2D eigenvalue weighted by Crippen LogP contribution is -1.99. The highest BCUT2D eigenvalue weighted by Gasteiger charge is 2.08. The van der Waals surface area contributed by atoms with E-state index in [0.717, 1.165) is 25.0 Å². The maximum absolute atomic E-state index is 5.93. The van der Waals surface area contributed by atoms with Crippen molar-refractivity contribution in [1.82, 2.24) is 0 Å². The first-order valence-corrected chi connectivity index (χ1v) is 6.62. The number of hydrogen-bond donors (Lipinski definition) is 2. The summed E-state index contributed by atoms with van der Waals surface area (Å²) in [5.74, 6) is 1.47. The van der Waals surface area contributed by atoms with Gasteiger partial charge in [0.25, 0.3) is 0 Å². The summed E-state index contributed by atoms with van der Waals surface area (Å²) in [6.07, 6.45) is 3.32. The third-order valence-electron chi connectivity index (χ3n) is 3.09. The van der Waals surface area contributed by atoms with Gasteiger partial charge in [-0.25, -0.2) is 0 Å². The second-order valence-corrected chi connectivity index (χ2v) is 4.57. The Kier molecular flexibility index (Phi) is 4.29. The maximum Gasteiger partial charge on any atom is 0.152 e. The molecule has 0 heterocycles. The molecule has 0 saturated carbocycles. The van der Waals surface area contributed by atoms with E-state index in [4.69, 9.17) is 16.2 Å². The van der Waals surface area contributed by atoms with Crippen LogP contribution in [0, 0.1) is 0 Å². The number of benzene rings is 2. The van der Waals surface area contributed by atoms with Crippen molar-refractivity contribution in [1.29, 1.82) is 0 Å². The Morgan fingerprint density at radius 1 is 0.947 bits per heavy atom. The van der Waals surface area contributed by atoms with E-state index in [1.54, 1.807) is 6.07 Å². The minimum absolute atomic E-state index is 0.493. The lowest BCUT2D eigenvalue weighted by atomic mass is 10.1. The van der Waals surface area contributed by atoms with Crippen molar-refractivity contribution in [2.24, 2.45) is 0 Å². The van der Waals surface area contributed by atoms with Crippen molar-refractivity contribution in [3.63, 3.8) is 0 Å². The second-order valence-electron chi connectivity index (χ2n) is 4.57. The fourth-order valence-corrected chi connectivity index (χ4v) is 1.95. The van der Waals surface area contributed by atoms with Crippen molar-refractivity contribution in [3.05, 3.63) is 48.0 Å². The maximum atomic E-state index is 5.93. The molecule has 0 bridgehead atoms. The van der Waals surface area contributed by atoms with Crippen LogP contribution in [0.25, 0.3) is 0 Å². The molecule has 100 valence electrons. The van der Waals surface area contributed by atoms with Gasteiger partial charge in [0, 0.05) is 0 Å². The van der Waals surface area contributed by atoms with E-state index in [2.05, 4.69) is 13.0 Å². The van der Waals surface area contributed by atoms with Crippen LogP contribution in [0.5, 0.6) is 11.5 Å². The average Bonchev–Trinajstić information content (AvgIpc) is 2.43. The van der Waals surface area contributed by atoms with E-state index in [0.29, 0.717) is 17.1 Å². The number of para-hydroxylation sites is 2. The molecular formula is C16H20N2O. The Labute approximate surface area is 114 Å². The van der Waals surface area contributed by atoms with Crippen molar-refractivity contribution >= 4 is 11.4 Å². The highest BCUT2D eigenvalue weighted by Crippen LogP contribution is 2.33. The van der Waals surface area contributed by atoms with Gasteiger partial charge >= 0.3 is 0 Å². The summed E-state index contributed by atoms with van der Waals surface area (Å²) in [6, 6.07) is 13.5. The summed E-state index contributed by atoms with van der Waals surface area (Å²) in [7, 11) is 0. The van der Waals surface area contributed by atoms with Crippen LogP contribution in [-0.2, 0) is 6.42 Å². The van der Waals surface area contributed by atoms with Gasteiger partial charge in [0.2, 0.25) is 0 Å². The summed E-state index contributed by atoms with van der Waals surface area (Å²) in [6.45, 7) is 2.18. The molecule has 0 aliphatic heterocycles. The summed E-state index contributed by atoms with van der Waals surface area (Å²) in [4.78, 5) is 0. The molecule has 2 rings (SSSR count). The Bertz CT molecular complexity index is 552. The quantitative estimate of drug-likeness (QED) is 0.795. The molecule has 0 atom stereocenters. The SMILES string of the molecule is CCCCc1ccccc1Oc1cccc(N)c1N. The predicted molar refractivity (Wildman–Crippen MR) is 80.4 cm³/mol. The lowest BCUT2D eigenvalue weighted by Gasteiger charge is -2.13. The van der Waals surface area contributed by atoms with Crippen molar-refractivity contribution in [3.8, 4) is 11.5 Å². The van der Waals surface area contributed by atoms with Crippen LogP contribution in [0.4, 0.5) is 11.4 Å². The number of anilines is 2. The van der Waals surface area contributed by atoms with Gasteiger partial charge in [0.1, 0.15) is 5.75 Å². The van der Waals surface area contributed by atoms with Gasteiger partial charge in [-0.2, -0.15) is 0 Å². The zero-order chi connectivity index (χ0) is 13.7. The highest BCUT2D eigenvalue weighted by molar-refractivity contribution is 5.71. The molecule has 19 heavy (non-hydrogen) atoms. The van der Waals surface area contributed by atoms with E-state index < -0.39 is 0 Å². The van der Waals surface area contributed by atoms with Crippen LogP contribution in [0.3, 0.4) is 0 Å². The number of nitrogens with two attached hydrogens (primary N) is 2. The van der Waals surface area contributed by atoms with Gasteiger partial charge in [-0.3, -0.25) is 0 Å². The van der Waals surface area contributed by atoms with Gasteiger partial charge < -0.3 is 16.2 Å². The molecular weight excluding hydrogens is 236 g/mol. The molecule has 0 unspecified atom stereocenters. The smallest absolute Gasteiger partial charge is 0.152 e. The Morgan fingerprint density at radius 3 is 2.47 bits per heavy atom. The Balaban J connectivity index is 2.25. The topological polar surface area (TPSA) is 61.3 Å². The molecule has 0 fully saturated rings. The summed E-state index contributed by atoms with van der Waals surface area (Å²) in [5, 5.41) is 0. The van der Waals surface area contributed by atoms with E-state index in [1.165, 1.54) is 5.56 Å². The number of ether oxygens (including phenoxy) is 1. The Hall–Kier alpha value is -2.16. The number of rotatable bonds is 5. The summed E-state index contributed by atoms with van der Waals surface area (Å²) < 4.78 is 5.91. The Morgan fingerprint density at radius 2 is 1.68 bits per heavy atom. The van der Waals surface area contributed by atoms with Crippen LogP contribution in [0.15, 0.2) is 42.5 Å². The average molecular weight is 256 g/mol. The number of hydrogen-bond acceptors (Lipinski definition) is 3. The first-order chi connectivity index (χ1) is 9.22. The number of aryl methyl sites for hydroxylation is 1. The molecule has 0 aromatic heterocycles. The van der Waals surface area contributed by atoms with Gasteiger partial charge in [-0.05, 0) is 36.6 Å². The van der Waals surface area contributed by atoms with Crippen LogP contribution in [0.2, 0.25) is 0 Å². The zero-order valence-electron chi connectivity index (χ0n) is 11.2. The summed E-state index contributed by atoms with van der Waals surface area (Å²) in [5.41, 5.74) is 14.0. The minimum Gasteiger partial charge on any atom is -0.455 e. The molecule has 0 aliphatic rings. The molecule has 0 amide bonds. The zero-order valence-corrected chi connectivity index (χ0v) is 11.2. The minimum atomic E-state index is 0.493. The van der Waals surface area contributed by atoms with Crippen molar-refractivity contribution in [2.45, 2.75) is 26.2 Å². The monoisotopic (exact) mass is 256 g/mol. The van der Waals surface area contributed by atoms with Gasteiger partial charge in [-0.15, -0.1) is 0 Å². The van der Waals surface area contributed by atoms with Crippen molar-refractivity contribution in [2.75, 3.05) is 11.5 Å². The fraction of sp³-hybridized carbons (Fsp3) is 0.250. The van der Waals surface area contributed by atoms with Crippen LogP contribution in [-0.4, -0.2) is 0 Å². The van der Waals surface area contributed by atoms with E-state index in [1.807, 2.05) is 30.3 Å².